The molecule has 0 bridgehead atoms. The average molecular weight is 455 g/mol. The lowest BCUT2D eigenvalue weighted by Crippen LogP contribution is -2.22. The summed E-state index contributed by atoms with van der Waals surface area (Å²) in [6, 6.07) is 10.6. The van der Waals surface area contributed by atoms with Crippen molar-refractivity contribution < 1.29 is 18.3 Å². The van der Waals surface area contributed by atoms with Gasteiger partial charge in [-0.1, -0.05) is 11.3 Å². The van der Waals surface area contributed by atoms with Gasteiger partial charge in [0.2, 0.25) is 0 Å². The van der Waals surface area contributed by atoms with Gasteiger partial charge in [0, 0.05) is 18.7 Å². The Morgan fingerprint density at radius 2 is 1.91 bits per heavy atom. The number of nitrogens with zero attached hydrogens (tertiary/aromatic N) is 4. The summed E-state index contributed by atoms with van der Waals surface area (Å²) in [5.74, 6) is -1.07. The minimum absolute atomic E-state index is 0.00869. The van der Waals surface area contributed by atoms with Crippen LogP contribution in [0.1, 0.15) is 26.6 Å². The van der Waals surface area contributed by atoms with E-state index in [9.17, 15) is 13.6 Å². The van der Waals surface area contributed by atoms with Crippen LogP contribution in [0.3, 0.4) is 0 Å². The number of ether oxygens (including phenoxy) is 1. The summed E-state index contributed by atoms with van der Waals surface area (Å²) in [6.07, 6.45) is 0. The SMILES string of the molecule is COc1cccc(-n2nnc(-c3nc(C)c(C(=O)NCc4cc(F)cc(F)c4)s3)c2C)c1. The fourth-order valence-corrected chi connectivity index (χ4v) is 4.22. The van der Waals surface area contributed by atoms with Gasteiger partial charge in [0.25, 0.3) is 5.91 Å². The zero-order valence-corrected chi connectivity index (χ0v) is 18.3. The van der Waals surface area contributed by atoms with E-state index in [0.29, 0.717) is 32.6 Å². The Bertz CT molecular complexity index is 1280. The molecule has 0 spiro atoms. The van der Waals surface area contributed by atoms with Gasteiger partial charge >= 0.3 is 0 Å². The van der Waals surface area contributed by atoms with Crippen molar-refractivity contribution in [3.63, 3.8) is 0 Å². The van der Waals surface area contributed by atoms with Crippen molar-refractivity contribution in [2.75, 3.05) is 7.11 Å². The molecule has 0 aliphatic rings. The van der Waals surface area contributed by atoms with Crippen LogP contribution in [0.2, 0.25) is 0 Å². The van der Waals surface area contributed by atoms with Gasteiger partial charge in [0.1, 0.15) is 33.0 Å². The predicted octanol–water partition coefficient (Wildman–Crippen LogP) is 4.22. The summed E-state index contributed by atoms with van der Waals surface area (Å²) < 4.78 is 33.6. The lowest BCUT2D eigenvalue weighted by molar-refractivity contribution is 0.0954. The number of carbonyl (C=O) groups excluding carboxylic acids is 1. The molecule has 0 saturated heterocycles. The highest BCUT2D eigenvalue weighted by Gasteiger charge is 2.21. The Balaban J connectivity index is 1.55. The zero-order chi connectivity index (χ0) is 22.8. The number of hydrogen-bond donors (Lipinski definition) is 1. The first-order chi connectivity index (χ1) is 15.4. The van der Waals surface area contributed by atoms with E-state index in [1.807, 2.05) is 31.2 Å². The minimum atomic E-state index is -0.694. The monoisotopic (exact) mass is 455 g/mol. The highest BCUT2D eigenvalue weighted by atomic mass is 32.1. The standard InChI is InChI=1S/C22H19F2N5O2S/c1-12-20(21(30)25-11-14-7-15(23)9-16(24)8-14)32-22(26-12)19-13(2)29(28-27-19)17-5-4-6-18(10-17)31-3/h4-10H,11H2,1-3H3,(H,25,30). The summed E-state index contributed by atoms with van der Waals surface area (Å²) in [5.41, 5.74) is 2.97. The molecule has 1 N–H and O–H groups in total. The van der Waals surface area contributed by atoms with Gasteiger partial charge < -0.3 is 10.1 Å². The van der Waals surface area contributed by atoms with Crippen LogP contribution in [-0.4, -0.2) is 33.0 Å². The predicted molar refractivity (Wildman–Crippen MR) is 116 cm³/mol. The van der Waals surface area contributed by atoms with E-state index >= 15 is 0 Å². The maximum absolute atomic E-state index is 13.4. The molecule has 4 aromatic rings. The van der Waals surface area contributed by atoms with E-state index in [1.54, 1.807) is 18.7 Å². The van der Waals surface area contributed by atoms with Crippen LogP contribution in [0.5, 0.6) is 5.75 Å². The molecular weight excluding hydrogens is 436 g/mol. The fraction of sp³-hybridized carbons (Fsp3) is 0.182. The quantitative estimate of drug-likeness (QED) is 0.471. The van der Waals surface area contributed by atoms with Crippen molar-refractivity contribution in [2.45, 2.75) is 20.4 Å². The van der Waals surface area contributed by atoms with E-state index in [4.69, 9.17) is 4.74 Å². The molecule has 4 rings (SSSR count). The van der Waals surface area contributed by atoms with Gasteiger partial charge in [0.05, 0.1) is 24.2 Å². The van der Waals surface area contributed by atoms with E-state index in [-0.39, 0.29) is 12.5 Å². The molecule has 0 aliphatic heterocycles. The average Bonchev–Trinajstić information content (AvgIpc) is 3.33. The number of hydrogen-bond acceptors (Lipinski definition) is 6. The molecule has 32 heavy (non-hydrogen) atoms. The first-order valence-corrected chi connectivity index (χ1v) is 10.4. The van der Waals surface area contributed by atoms with Gasteiger partial charge in [-0.2, -0.15) is 0 Å². The number of amides is 1. The number of carbonyl (C=O) groups is 1. The summed E-state index contributed by atoms with van der Waals surface area (Å²) in [6.45, 7) is 3.58. The van der Waals surface area contributed by atoms with Gasteiger partial charge in [-0.05, 0) is 43.7 Å². The van der Waals surface area contributed by atoms with Crippen molar-refractivity contribution >= 4 is 17.2 Å². The summed E-state index contributed by atoms with van der Waals surface area (Å²) in [4.78, 5) is 17.5. The molecule has 7 nitrogen and oxygen atoms in total. The summed E-state index contributed by atoms with van der Waals surface area (Å²) >= 11 is 1.18. The lowest BCUT2D eigenvalue weighted by atomic mass is 10.2. The second kappa shape index (κ2) is 8.83. The number of benzene rings is 2. The van der Waals surface area contributed by atoms with Gasteiger partial charge in [0.15, 0.2) is 0 Å². The highest BCUT2D eigenvalue weighted by molar-refractivity contribution is 7.17. The molecule has 2 aromatic carbocycles. The number of methoxy groups -OCH3 is 1. The van der Waals surface area contributed by atoms with Crippen LogP contribution in [0.25, 0.3) is 16.4 Å². The number of thiazole rings is 1. The number of aromatic nitrogens is 4. The van der Waals surface area contributed by atoms with Gasteiger partial charge in [-0.15, -0.1) is 16.4 Å². The molecule has 0 fully saturated rings. The van der Waals surface area contributed by atoms with Crippen molar-refractivity contribution in [1.29, 1.82) is 0 Å². The molecular formula is C22H19F2N5O2S. The largest absolute Gasteiger partial charge is 0.497 e. The Labute approximate surface area is 186 Å². The summed E-state index contributed by atoms with van der Waals surface area (Å²) in [7, 11) is 1.59. The Morgan fingerprint density at radius 3 is 2.62 bits per heavy atom. The number of rotatable bonds is 6. The van der Waals surface area contributed by atoms with Crippen molar-refractivity contribution in [3.05, 3.63) is 75.9 Å². The maximum atomic E-state index is 13.4. The van der Waals surface area contributed by atoms with Crippen LogP contribution < -0.4 is 10.1 Å². The van der Waals surface area contributed by atoms with Gasteiger partial charge in [-0.3, -0.25) is 4.79 Å². The van der Waals surface area contributed by atoms with Crippen LogP contribution in [0.15, 0.2) is 42.5 Å². The normalized spacial score (nSPS) is 10.9. The highest BCUT2D eigenvalue weighted by Crippen LogP contribution is 2.30. The van der Waals surface area contributed by atoms with Crippen LogP contribution >= 0.6 is 11.3 Å². The molecule has 0 unspecified atom stereocenters. The fourth-order valence-electron chi connectivity index (χ4n) is 3.20. The van der Waals surface area contributed by atoms with Crippen molar-refractivity contribution in [1.82, 2.24) is 25.3 Å². The third kappa shape index (κ3) is 4.35. The minimum Gasteiger partial charge on any atom is -0.497 e. The maximum Gasteiger partial charge on any atom is 0.263 e. The topological polar surface area (TPSA) is 81.9 Å². The number of aryl methyl sites for hydroxylation is 1. The molecule has 0 radical (unpaired) electrons. The summed E-state index contributed by atoms with van der Waals surface area (Å²) in [5, 5.41) is 11.7. The van der Waals surface area contributed by atoms with Crippen molar-refractivity contribution in [2.24, 2.45) is 0 Å². The van der Waals surface area contributed by atoms with E-state index in [1.165, 1.54) is 23.5 Å². The second-order valence-corrected chi connectivity index (χ2v) is 8.03. The third-order valence-electron chi connectivity index (χ3n) is 4.77. The number of nitrogens with one attached hydrogen (secondary N) is 1. The number of halogens is 2. The molecule has 0 aliphatic carbocycles. The Kier molecular flexibility index (Phi) is 5.95. The first kappa shape index (κ1) is 21.6. The van der Waals surface area contributed by atoms with E-state index in [2.05, 4.69) is 20.6 Å². The second-order valence-electron chi connectivity index (χ2n) is 7.03. The van der Waals surface area contributed by atoms with E-state index < -0.39 is 11.6 Å². The zero-order valence-electron chi connectivity index (χ0n) is 17.5. The first-order valence-electron chi connectivity index (χ1n) is 9.63. The molecule has 164 valence electrons. The van der Waals surface area contributed by atoms with E-state index in [0.717, 1.165) is 17.4 Å². The third-order valence-corrected chi connectivity index (χ3v) is 5.94. The lowest BCUT2D eigenvalue weighted by Gasteiger charge is -2.05. The van der Waals surface area contributed by atoms with Crippen LogP contribution in [0, 0.1) is 25.5 Å². The van der Waals surface area contributed by atoms with Gasteiger partial charge in [-0.25, -0.2) is 18.4 Å². The Hall–Kier alpha value is -3.66. The molecule has 2 aromatic heterocycles. The molecule has 0 atom stereocenters. The van der Waals surface area contributed by atoms with Crippen LogP contribution in [-0.2, 0) is 6.54 Å². The molecule has 1 amide bonds. The Morgan fingerprint density at radius 1 is 1.16 bits per heavy atom. The van der Waals surface area contributed by atoms with Crippen LogP contribution in [0.4, 0.5) is 8.78 Å². The molecule has 0 saturated carbocycles. The smallest absolute Gasteiger partial charge is 0.263 e. The van der Waals surface area contributed by atoms with Crippen molar-refractivity contribution in [3.8, 4) is 22.1 Å². The molecule has 10 heteroatoms. The molecule has 2 heterocycles.